The molecule has 1 amide bonds. The molecule has 82 valence electrons. The molecule has 0 radical (unpaired) electrons. The van der Waals surface area contributed by atoms with E-state index in [0.29, 0.717) is 12.2 Å². The molecule has 1 aromatic rings. The molecule has 0 fully saturated rings. The van der Waals surface area contributed by atoms with Crippen LogP contribution >= 0.6 is 11.3 Å². The van der Waals surface area contributed by atoms with Gasteiger partial charge in [-0.05, 0) is 0 Å². The first kappa shape index (κ1) is 11.6. The van der Waals surface area contributed by atoms with Gasteiger partial charge in [0, 0.05) is 11.9 Å². The van der Waals surface area contributed by atoms with Gasteiger partial charge >= 0.3 is 5.97 Å². The fraction of sp³-hybridized carbons (Fsp3) is 0.375. The number of nitrogens with two attached hydrogens (primary N) is 1. The van der Waals surface area contributed by atoms with Gasteiger partial charge in [0.05, 0.1) is 12.1 Å². The lowest BCUT2D eigenvalue weighted by atomic mass is 10.3. The highest BCUT2D eigenvalue weighted by Crippen LogP contribution is 2.08. The number of carboxylic acids is 1. The van der Waals surface area contributed by atoms with Crippen molar-refractivity contribution in [2.45, 2.75) is 13.0 Å². The van der Waals surface area contributed by atoms with E-state index in [2.05, 4.69) is 10.3 Å². The van der Waals surface area contributed by atoms with Crippen molar-refractivity contribution in [3.05, 3.63) is 16.1 Å². The number of carboxylic acid groups (broad SMARTS) is 1. The third kappa shape index (κ3) is 4.05. The van der Waals surface area contributed by atoms with Crippen molar-refractivity contribution in [2.75, 3.05) is 6.54 Å². The maximum atomic E-state index is 11.2. The summed E-state index contributed by atoms with van der Waals surface area (Å²) in [7, 11) is 0. The second-order valence-corrected chi connectivity index (χ2v) is 3.73. The number of rotatable bonds is 5. The summed E-state index contributed by atoms with van der Waals surface area (Å²) in [4.78, 5) is 25.4. The molecule has 1 rings (SSSR count). The van der Waals surface area contributed by atoms with Crippen LogP contribution in [0, 0.1) is 0 Å². The summed E-state index contributed by atoms with van der Waals surface area (Å²) < 4.78 is 0. The first-order chi connectivity index (χ1) is 7.11. The van der Waals surface area contributed by atoms with E-state index < -0.39 is 5.97 Å². The largest absolute Gasteiger partial charge is 0.480 e. The predicted octanol–water partition coefficient (Wildman–Crippen LogP) is -0.655. The molecule has 0 aliphatic heterocycles. The Labute approximate surface area is 90.1 Å². The average Bonchev–Trinajstić information content (AvgIpc) is 2.62. The number of aromatic nitrogens is 1. The van der Waals surface area contributed by atoms with Crippen LogP contribution in [0.15, 0.2) is 5.38 Å². The monoisotopic (exact) mass is 229 g/mol. The molecule has 0 bridgehead atoms. The highest BCUT2D eigenvalue weighted by molar-refractivity contribution is 7.09. The average molecular weight is 229 g/mol. The number of thiazole rings is 1. The molecule has 0 unspecified atom stereocenters. The number of carbonyl (C=O) groups excluding carboxylic acids is 1. The van der Waals surface area contributed by atoms with E-state index in [0.717, 1.165) is 5.01 Å². The molecule has 0 aliphatic rings. The van der Waals surface area contributed by atoms with Crippen LogP contribution < -0.4 is 11.1 Å². The Bertz CT molecular complexity index is 364. The van der Waals surface area contributed by atoms with E-state index in [4.69, 9.17) is 10.8 Å². The van der Waals surface area contributed by atoms with Crippen molar-refractivity contribution in [1.29, 1.82) is 0 Å². The number of amides is 1. The fourth-order valence-electron chi connectivity index (χ4n) is 0.925. The SMILES string of the molecule is NCc1nc(CC(=O)NCC(=O)O)cs1. The number of nitrogens with one attached hydrogen (secondary N) is 1. The van der Waals surface area contributed by atoms with Gasteiger partial charge in [0.25, 0.3) is 0 Å². The quantitative estimate of drug-likeness (QED) is 0.622. The van der Waals surface area contributed by atoms with E-state index in [1.54, 1.807) is 5.38 Å². The molecular formula is C8H11N3O3S. The Kier molecular flexibility index (Phi) is 4.19. The molecule has 0 aromatic carbocycles. The van der Waals surface area contributed by atoms with Gasteiger partial charge in [-0.25, -0.2) is 4.98 Å². The molecule has 4 N–H and O–H groups in total. The summed E-state index contributed by atoms with van der Waals surface area (Å²) >= 11 is 1.38. The second kappa shape index (κ2) is 5.42. The zero-order valence-electron chi connectivity index (χ0n) is 7.90. The van der Waals surface area contributed by atoms with Gasteiger partial charge in [-0.3, -0.25) is 9.59 Å². The molecule has 1 heterocycles. The van der Waals surface area contributed by atoms with Crippen LogP contribution in [0.3, 0.4) is 0 Å². The minimum Gasteiger partial charge on any atom is -0.480 e. The third-order valence-electron chi connectivity index (χ3n) is 1.55. The Hall–Kier alpha value is -1.47. The molecule has 0 spiro atoms. The van der Waals surface area contributed by atoms with E-state index in [1.165, 1.54) is 11.3 Å². The lowest BCUT2D eigenvalue weighted by molar-refractivity contribution is -0.137. The van der Waals surface area contributed by atoms with Crippen LogP contribution in [0.2, 0.25) is 0 Å². The first-order valence-electron chi connectivity index (χ1n) is 4.23. The van der Waals surface area contributed by atoms with Crippen LogP contribution in [0.25, 0.3) is 0 Å². The lowest BCUT2D eigenvalue weighted by Gasteiger charge is -1.99. The highest BCUT2D eigenvalue weighted by atomic mass is 32.1. The predicted molar refractivity (Wildman–Crippen MR) is 54.4 cm³/mol. The standard InChI is InChI=1S/C8H11N3O3S/c9-2-7-11-5(4-15-7)1-6(12)10-3-8(13)14/h4H,1-3,9H2,(H,10,12)(H,13,14). The number of aliphatic carboxylic acids is 1. The third-order valence-corrected chi connectivity index (χ3v) is 2.47. The highest BCUT2D eigenvalue weighted by Gasteiger charge is 2.07. The maximum absolute atomic E-state index is 11.2. The van der Waals surface area contributed by atoms with Crippen molar-refractivity contribution in [2.24, 2.45) is 5.73 Å². The van der Waals surface area contributed by atoms with Crippen molar-refractivity contribution < 1.29 is 14.7 Å². The zero-order valence-corrected chi connectivity index (χ0v) is 8.71. The maximum Gasteiger partial charge on any atom is 0.322 e. The van der Waals surface area contributed by atoms with Crippen molar-refractivity contribution in [3.63, 3.8) is 0 Å². The molecular weight excluding hydrogens is 218 g/mol. The Morgan fingerprint density at radius 1 is 1.60 bits per heavy atom. The molecule has 7 heteroatoms. The van der Waals surface area contributed by atoms with E-state index in [9.17, 15) is 9.59 Å². The van der Waals surface area contributed by atoms with Gasteiger partial charge in [0.2, 0.25) is 5.91 Å². The van der Waals surface area contributed by atoms with Gasteiger partial charge in [-0.1, -0.05) is 0 Å². The molecule has 0 saturated heterocycles. The summed E-state index contributed by atoms with van der Waals surface area (Å²) in [5, 5.41) is 13.1. The summed E-state index contributed by atoms with van der Waals surface area (Å²) in [6, 6.07) is 0. The smallest absolute Gasteiger partial charge is 0.322 e. The summed E-state index contributed by atoms with van der Waals surface area (Å²) in [5.41, 5.74) is 5.98. The molecule has 0 saturated carbocycles. The van der Waals surface area contributed by atoms with Gasteiger partial charge in [0.1, 0.15) is 11.6 Å². The van der Waals surface area contributed by atoms with Gasteiger partial charge in [-0.2, -0.15) is 0 Å². The van der Waals surface area contributed by atoms with Gasteiger partial charge in [-0.15, -0.1) is 11.3 Å². The fourth-order valence-corrected chi connectivity index (χ4v) is 1.60. The normalized spacial score (nSPS) is 9.93. The molecule has 6 nitrogen and oxygen atoms in total. The van der Waals surface area contributed by atoms with Crippen molar-refractivity contribution >= 4 is 23.2 Å². The van der Waals surface area contributed by atoms with Gasteiger partial charge in [0.15, 0.2) is 0 Å². The Morgan fingerprint density at radius 3 is 2.87 bits per heavy atom. The lowest BCUT2D eigenvalue weighted by Crippen LogP contribution is -2.30. The Balaban J connectivity index is 2.40. The molecule has 15 heavy (non-hydrogen) atoms. The molecule has 0 atom stereocenters. The summed E-state index contributed by atoms with van der Waals surface area (Å²) in [6.07, 6.45) is 0.0871. The summed E-state index contributed by atoms with van der Waals surface area (Å²) in [6.45, 7) is -0.0197. The van der Waals surface area contributed by atoms with E-state index >= 15 is 0 Å². The van der Waals surface area contributed by atoms with Gasteiger partial charge < -0.3 is 16.2 Å². The number of nitrogens with zero attached hydrogens (tertiary/aromatic N) is 1. The van der Waals surface area contributed by atoms with Crippen molar-refractivity contribution in [3.8, 4) is 0 Å². The van der Waals surface area contributed by atoms with Crippen LogP contribution in [0.5, 0.6) is 0 Å². The second-order valence-electron chi connectivity index (χ2n) is 2.78. The number of hydrogen-bond donors (Lipinski definition) is 3. The number of carbonyl (C=O) groups is 2. The molecule has 1 aromatic heterocycles. The summed E-state index contributed by atoms with van der Waals surface area (Å²) in [5.74, 6) is -1.42. The Morgan fingerprint density at radius 2 is 2.33 bits per heavy atom. The zero-order chi connectivity index (χ0) is 11.3. The van der Waals surface area contributed by atoms with Crippen LogP contribution in [-0.2, 0) is 22.6 Å². The first-order valence-corrected chi connectivity index (χ1v) is 5.11. The van der Waals surface area contributed by atoms with E-state index in [1.807, 2.05) is 0 Å². The van der Waals surface area contributed by atoms with Crippen LogP contribution in [0.1, 0.15) is 10.7 Å². The minimum atomic E-state index is -1.07. The molecule has 0 aliphatic carbocycles. The minimum absolute atomic E-state index is 0.0871. The number of hydrogen-bond acceptors (Lipinski definition) is 5. The van der Waals surface area contributed by atoms with E-state index in [-0.39, 0.29) is 18.9 Å². The topological polar surface area (TPSA) is 105 Å². The van der Waals surface area contributed by atoms with Crippen LogP contribution in [0.4, 0.5) is 0 Å². The van der Waals surface area contributed by atoms with Crippen molar-refractivity contribution in [1.82, 2.24) is 10.3 Å². The van der Waals surface area contributed by atoms with Crippen LogP contribution in [-0.4, -0.2) is 28.5 Å².